The fourth-order valence-electron chi connectivity index (χ4n) is 1.58. The van der Waals surface area contributed by atoms with Crippen molar-refractivity contribution in [1.82, 2.24) is 25.1 Å². The van der Waals surface area contributed by atoms with Crippen molar-refractivity contribution in [3.8, 4) is 10.8 Å². The van der Waals surface area contributed by atoms with Crippen LogP contribution < -0.4 is 5.32 Å². The van der Waals surface area contributed by atoms with Crippen molar-refractivity contribution in [3.63, 3.8) is 0 Å². The molecule has 104 valence electrons. The van der Waals surface area contributed by atoms with Crippen LogP contribution in [0.4, 0.5) is 0 Å². The van der Waals surface area contributed by atoms with Gasteiger partial charge in [-0.1, -0.05) is 4.49 Å². The molecule has 2 aromatic heterocycles. The molecule has 0 atom stereocenters. The number of hydrogen-bond donors (Lipinski definition) is 1. The molecule has 2 rings (SSSR count). The van der Waals surface area contributed by atoms with Gasteiger partial charge in [0.2, 0.25) is 5.89 Å². The third-order valence-electron chi connectivity index (χ3n) is 2.54. The molecule has 1 N–H and O–H groups in total. The first-order chi connectivity index (χ1) is 8.96. The standard InChI is InChI=1S/C12H19N5OS/c1-8-10(19-17-14-8)11-16-15-9(18-11)6-5-7-13-12(2,3)4/h13H,5-7H2,1-4H3. The zero-order valence-corrected chi connectivity index (χ0v) is 12.5. The van der Waals surface area contributed by atoms with Gasteiger partial charge in [-0.25, -0.2) is 0 Å². The summed E-state index contributed by atoms with van der Waals surface area (Å²) in [4.78, 5) is 0.853. The van der Waals surface area contributed by atoms with Gasteiger partial charge in [0.25, 0.3) is 5.89 Å². The van der Waals surface area contributed by atoms with E-state index < -0.39 is 0 Å². The molecule has 0 saturated heterocycles. The van der Waals surface area contributed by atoms with Gasteiger partial charge in [0, 0.05) is 12.0 Å². The van der Waals surface area contributed by atoms with Gasteiger partial charge in [0.05, 0.1) is 5.69 Å². The smallest absolute Gasteiger partial charge is 0.261 e. The summed E-state index contributed by atoms with van der Waals surface area (Å²) in [5.74, 6) is 1.18. The lowest BCUT2D eigenvalue weighted by molar-refractivity contribution is 0.413. The van der Waals surface area contributed by atoms with Crippen molar-refractivity contribution >= 4 is 11.5 Å². The summed E-state index contributed by atoms with van der Waals surface area (Å²) in [5.41, 5.74) is 0.973. The van der Waals surface area contributed by atoms with E-state index in [1.807, 2.05) is 6.92 Å². The first kappa shape index (κ1) is 14.1. The first-order valence-electron chi connectivity index (χ1n) is 6.32. The molecule has 0 amide bonds. The first-order valence-corrected chi connectivity index (χ1v) is 7.10. The van der Waals surface area contributed by atoms with Crippen LogP contribution in [0, 0.1) is 6.92 Å². The number of rotatable bonds is 5. The normalized spacial score (nSPS) is 12.0. The molecule has 0 aliphatic heterocycles. The Morgan fingerprint density at radius 2 is 2.00 bits per heavy atom. The second-order valence-electron chi connectivity index (χ2n) is 5.47. The molecule has 0 spiro atoms. The van der Waals surface area contributed by atoms with Gasteiger partial charge in [-0.2, -0.15) is 0 Å². The van der Waals surface area contributed by atoms with Gasteiger partial charge >= 0.3 is 0 Å². The van der Waals surface area contributed by atoms with E-state index in [2.05, 4.69) is 45.9 Å². The number of aromatic nitrogens is 4. The Morgan fingerprint density at radius 3 is 2.63 bits per heavy atom. The van der Waals surface area contributed by atoms with E-state index in [0.29, 0.717) is 11.8 Å². The van der Waals surface area contributed by atoms with E-state index in [9.17, 15) is 0 Å². The SMILES string of the molecule is Cc1nnsc1-c1nnc(CCCNC(C)(C)C)o1. The number of nitrogens with one attached hydrogen (secondary N) is 1. The number of nitrogens with zero attached hydrogens (tertiary/aromatic N) is 4. The number of hydrogen-bond acceptors (Lipinski definition) is 7. The molecule has 0 radical (unpaired) electrons. The average Bonchev–Trinajstić information content (AvgIpc) is 2.91. The quantitative estimate of drug-likeness (QED) is 0.847. The predicted molar refractivity (Wildman–Crippen MR) is 74.0 cm³/mol. The van der Waals surface area contributed by atoms with Gasteiger partial charge in [0.1, 0.15) is 4.88 Å². The van der Waals surface area contributed by atoms with Crippen LogP contribution in [0.15, 0.2) is 4.42 Å². The van der Waals surface area contributed by atoms with Crippen molar-refractivity contribution in [1.29, 1.82) is 0 Å². The van der Waals surface area contributed by atoms with Gasteiger partial charge in [0.15, 0.2) is 0 Å². The lowest BCUT2D eigenvalue weighted by Crippen LogP contribution is -2.36. The largest absolute Gasteiger partial charge is 0.420 e. The van der Waals surface area contributed by atoms with Crippen LogP contribution in [0.3, 0.4) is 0 Å². The highest BCUT2D eigenvalue weighted by molar-refractivity contribution is 7.09. The highest BCUT2D eigenvalue weighted by atomic mass is 32.1. The molecule has 2 heterocycles. The lowest BCUT2D eigenvalue weighted by atomic mass is 10.1. The monoisotopic (exact) mass is 281 g/mol. The second kappa shape index (κ2) is 5.75. The van der Waals surface area contributed by atoms with E-state index in [0.717, 1.165) is 30.0 Å². The van der Waals surface area contributed by atoms with Crippen molar-refractivity contribution < 1.29 is 4.42 Å². The minimum absolute atomic E-state index is 0.144. The van der Waals surface area contributed by atoms with Crippen LogP contribution in [0.25, 0.3) is 10.8 Å². The molecule has 6 nitrogen and oxygen atoms in total. The molecule has 0 aliphatic rings. The van der Waals surface area contributed by atoms with Crippen molar-refractivity contribution in [2.24, 2.45) is 0 Å². The summed E-state index contributed by atoms with van der Waals surface area (Å²) < 4.78 is 9.49. The van der Waals surface area contributed by atoms with Crippen LogP contribution in [0.1, 0.15) is 38.8 Å². The third-order valence-corrected chi connectivity index (χ3v) is 3.35. The van der Waals surface area contributed by atoms with Crippen LogP contribution >= 0.6 is 11.5 Å². The third kappa shape index (κ3) is 4.07. The van der Waals surface area contributed by atoms with E-state index in [1.165, 1.54) is 11.5 Å². The maximum atomic E-state index is 5.62. The molecule has 0 saturated carbocycles. The van der Waals surface area contributed by atoms with E-state index >= 15 is 0 Å². The Labute approximate surface area is 116 Å². The highest BCUT2D eigenvalue weighted by Crippen LogP contribution is 2.24. The van der Waals surface area contributed by atoms with Crippen LogP contribution in [-0.4, -0.2) is 31.9 Å². The van der Waals surface area contributed by atoms with Crippen molar-refractivity contribution in [2.75, 3.05) is 6.54 Å². The zero-order chi connectivity index (χ0) is 13.9. The van der Waals surface area contributed by atoms with E-state index in [1.54, 1.807) is 0 Å². The molecule has 7 heteroatoms. The van der Waals surface area contributed by atoms with Gasteiger partial charge in [-0.3, -0.25) is 0 Å². The molecule has 0 aromatic carbocycles. The summed E-state index contributed by atoms with van der Waals surface area (Å²) in [5, 5.41) is 15.5. The van der Waals surface area contributed by atoms with E-state index in [4.69, 9.17) is 4.42 Å². The molecule has 0 unspecified atom stereocenters. The van der Waals surface area contributed by atoms with E-state index in [-0.39, 0.29) is 5.54 Å². The molecular formula is C12H19N5OS. The van der Waals surface area contributed by atoms with Gasteiger partial charge < -0.3 is 9.73 Å². The summed E-state index contributed by atoms with van der Waals surface area (Å²) in [6.07, 6.45) is 1.75. The summed E-state index contributed by atoms with van der Waals surface area (Å²) in [6.45, 7) is 9.27. The van der Waals surface area contributed by atoms with Crippen molar-refractivity contribution in [3.05, 3.63) is 11.6 Å². The average molecular weight is 281 g/mol. The van der Waals surface area contributed by atoms with Crippen LogP contribution in [0.5, 0.6) is 0 Å². The molecule has 0 aliphatic carbocycles. The minimum atomic E-state index is 0.144. The summed E-state index contributed by atoms with van der Waals surface area (Å²) >= 11 is 1.28. The van der Waals surface area contributed by atoms with Gasteiger partial charge in [-0.05, 0) is 52.2 Å². The second-order valence-corrected chi connectivity index (χ2v) is 6.22. The Hall–Kier alpha value is -1.34. The fourth-order valence-corrected chi connectivity index (χ4v) is 2.16. The molecular weight excluding hydrogens is 262 g/mol. The summed E-state index contributed by atoms with van der Waals surface area (Å²) in [7, 11) is 0. The molecule has 0 fully saturated rings. The Kier molecular flexibility index (Phi) is 4.26. The molecule has 0 bridgehead atoms. The van der Waals surface area contributed by atoms with Crippen molar-refractivity contribution in [2.45, 2.75) is 46.1 Å². The Morgan fingerprint density at radius 1 is 1.21 bits per heavy atom. The maximum absolute atomic E-state index is 5.62. The Balaban J connectivity index is 1.87. The highest BCUT2D eigenvalue weighted by Gasteiger charge is 2.14. The van der Waals surface area contributed by atoms with Crippen LogP contribution in [-0.2, 0) is 6.42 Å². The van der Waals surface area contributed by atoms with Crippen LogP contribution in [0.2, 0.25) is 0 Å². The summed E-state index contributed by atoms with van der Waals surface area (Å²) in [6, 6.07) is 0. The number of aryl methyl sites for hydroxylation is 2. The zero-order valence-electron chi connectivity index (χ0n) is 11.7. The lowest BCUT2D eigenvalue weighted by Gasteiger charge is -2.19. The Bertz CT molecular complexity index is 528. The molecule has 2 aromatic rings. The fraction of sp³-hybridized carbons (Fsp3) is 0.667. The molecule has 19 heavy (non-hydrogen) atoms. The predicted octanol–water partition coefficient (Wildman–Crippen LogP) is 2.22. The topological polar surface area (TPSA) is 76.7 Å². The maximum Gasteiger partial charge on any atom is 0.261 e. The van der Waals surface area contributed by atoms with Gasteiger partial charge in [-0.15, -0.1) is 15.3 Å². The minimum Gasteiger partial charge on any atom is -0.420 e.